The van der Waals surface area contributed by atoms with Crippen LogP contribution in [0.1, 0.15) is 36.5 Å². The molecule has 0 bridgehead atoms. The lowest BCUT2D eigenvalue weighted by Crippen LogP contribution is -2.35. The van der Waals surface area contributed by atoms with E-state index in [1.54, 1.807) is 6.07 Å². The molecule has 1 heterocycles. The van der Waals surface area contributed by atoms with Gasteiger partial charge in [0.1, 0.15) is 5.82 Å². The van der Waals surface area contributed by atoms with E-state index < -0.39 is 33.8 Å². The average molecular weight is 469 g/mol. The molecule has 1 aliphatic heterocycles. The summed E-state index contributed by atoms with van der Waals surface area (Å²) < 4.78 is 46.0. The molecule has 166 valence electrons. The molecular formula is C21H22ClFN2O5S. The monoisotopic (exact) mass is 468 g/mol. The van der Waals surface area contributed by atoms with Crippen LogP contribution in [0.2, 0.25) is 5.02 Å². The van der Waals surface area contributed by atoms with Crippen LogP contribution in [0.3, 0.4) is 0 Å². The van der Waals surface area contributed by atoms with Crippen molar-refractivity contribution in [3.63, 3.8) is 0 Å². The highest BCUT2D eigenvalue weighted by Gasteiger charge is 2.28. The van der Waals surface area contributed by atoms with E-state index in [4.69, 9.17) is 16.3 Å². The van der Waals surface area contributed by atoms with Crippen LogP contribution in [0.25, 0.3) is 0 Å². The van der Waals surface area contributed by atoms with Gasteiger partial charge in [0.15, 0.2) is 6.10 Å². The van der Waals surface area contributed by atoms with E-state index in [2.05, 4.69) is 5.32 Å². The van der Waals surface area contributed by atoms with Crippen molar-refractivity contribution in [3.05, 3.63) is 58.9 Å². The molecule has 0 unspecified atom stereocenters. The Bertz CT molecular complexity index is 1090. The van der Waals surface area contributed by atoms with Crippen LogP contribution < -0.4 is 5.32 Å². The Labute approximate surface area is 185 Å². The van der Waals surface area contributed by atoms with Crippen LogP contribution in [0, 0.1) is 5.82 Å². The molecule has 0 saturated carbocycles. The summed E-state index contributed by atoms with van der Waals surface area (Å²) in [5.74, 6) is -2.34. The number of halogens is 2. The normalized spacial score (nSPS) is 15.8. The van der Waals surface area contributed by atoms with Crippen molar-refractivity contribution >= 4 is 39.2 Å². The van der Waals surface area contributed by atoms with Gasteiger partial charge < -0.3 is 10.1 Å². The van der Waals surface area contributed by atoms with Gasteiger partial charge >= 0.3 is 5.97 Å². The molecule has 0 aromatic heterocycles. The number of ether oxygens (including phenoxy) is 1. The summed E-state index contributed by atoms with van der Waals surface area (Å²) in [6, 6.07) is 9.35. The smallest absolute Gasteiger partial charge is 0.340 e. The fourth-order valence-electron chi connectivity index (χ4n) is 3.15. The molecule has 3 rings (SSSR count). The first kappa shape index (κ1) is 23.2. The molecule has 1 saturated heterocycles. The van der Waals surface area contributed by atoms with Gasteiger partial charge in [-0.25, -0.2) is 17.6 Å². The maximum absolute atomic E-state index is 13.7. The van der Waals surface area contributed by atoms with E-state index in [1.165, 1.54) is 41.6 Å². The first-order valence-electron chi connectivity index (χ1n) is 9.76. The van der Waals surface area contributed by atoms with Crippen molar-refractivity contribution in [1.82, 2.24) is 4.31 Å². The van der Waals surface area contributed by atoms with Crippen LogP contribution in [0.5, 0.6) is 0 Å². The second kappa shape index (κ2) is 9.76. The number of rotatable bonds is 6. The number of carbonyl (C=O) groups is 2. The van der Waals surface area contributed by atoms with Crippen LogP contribution in [0.4, 0.5) is 10.1 Å². The molecule has 0 aliphatic carbocycles. The van der Waals surface area contributed by atoms with Crippen molar-refractivity contribution in [2.75, 3.05) is 18.4 Å². The molecular weight excluding hydrogens is 447 g/mol. The molecule has 2 aromatic rings. The number of esters is 1. The molecule has 1 atom stereocenters. The van der Waals surface area contributed by atoms with Gasteiger partial charge in [-0.05, 0) is 50.1 Å². The molecule has 1 amide bonds. The Morgan fingerprint density at radius 3 is 2.48 bits per heavy atom. The summed E-state index contributed by atoms with van der Waals surface area (Å²) >= 11 is 6.08. The second-order valence-corrected chi connectivity index (χ2v) is 9.47. The molecule has 0 radical (unpaired) electrons. The van der Waals surface area contributed by atoms with E-state index in [0.717, 1.165) is 25.3 Å². The third-order valence-corrected chi connectivity index (χ3v) is 7.12. The lowest BCUT2D eigenvalue weighted by Gasteiger charge is -2.26. The van der Waals surface area contributed by atoms with Gasteiger partial charge in [0.2, 0.25) is 10.0 Å². The Morgan fingerprint density at radius 2 is 1.81 bits per heavy atom. The summed E-state index contributed by atoms with van der Waals surface area (Å²) in [6.07, 6.45) is 1.24. The number of sulfonamides is 1. The lowest BCUT2D eigenvalue weighted by atomic mass is 10.2. The van der Waals surface area contributed by atoms with Gasteiger partial charge in [0.05, 0.1) is 21.2 Å². The number of anilines is 1. The summed E-state index contributed by atoms with van der Waals surface area (Å²) in [4.78, 5) is 24.8. The van der Waals surface area contributed by atoms with Crippen LogP contribution in [-0.4, -0.2) is 43.8 Å². The van der Waals surface area contributed by atoms with Gasteiger partial charge in [-0.3, -0.25) is 4.79 Å². The summed E-state index contributed by atoms with van der Waals surface area (Å²) in [7, 11) is -3.78. The van der Waals surface area contributed by atoms with Crippen LogP contribution >= 0.6 is 11.6 Å². The Kier molecular flexibility index (Phi) is 7.30. The minimum absolute atomic E-state index is 0.00990. The first-order valence-corrected chi connectivity index (χ1v) is 11.6. The standard InChI is InChI=1S/C21H22ClFN2O5S/c1-14(20(26)24-19-8-4-3-7-18(19)23)30-21(27)16-13-15(9-10-17(16)22)31(28,29)25-11-5-2-6-12-25/h3-4,7-10,13-14H,2,5-6,11-12H2,1H3,(H,24,26)/t14-/m1/s1. The zero-order chi connectivity index (χ0) is 22.6. The average Bonchev–Trinajstić information content (AvgIpc) is 2.76. The highest BCUT2D eigenvalue weighted by atomic mass is 35.5. The van der Waals surface area contributed by atoms with E-state index in [0.29, 0.717) is 13.1 Å². The third kappa shape index (κ3) is 5.41. The molecule has 31 heavy (non-hydrogen) atoms. The molecule has 1 fully saturated rings. The maximum atomic E-state index is 13.7. The summed E-state index contributed by atoms with van der Waals surface area (Å²) in [5.41, 5.74) is -0.228. The van der Waals surface area contributed by atoms with Crippen LogP contribution in [0.15, 0.2) is 47.4 Å². The van der Waals surface area contributed by atoms with Crippen molar-refractivity contribution in [2.24, 2.45) is 0 Å². The van der Waals surface area contributed by atoms with E-state index in [1.807, 2.05) is 0 Å². The molecule has 1 N–H and O–H groups in total. The molecule has 2 aromatic carbocycles. The van der Waals surface area contributed by atoms with Gasteiger partial charge in [-0.1, -0.05) is 30.2 Å². The Balaban J connectivity index is 1.74. The predicted octanol–water partition coefficient (Wildman–Crippen LogP) is 3.84. The zero-order valence-corrected chi connectivity index (χ0v) is 18.4. The fourth-order valence-corrected chi connectivity index (χ4v) is 4.89. The highest BCUT2D eigenvalue weighted by Crippen LogP contribution is 2.26. The number of hydrogen-bond acceptors (Lipinski definition) is 5. The van der Waals surface area contributed by atoms with Crippen molar-refractivity contribution in [3.8, 4) is 0 Å². The molecule has 7 nitrogen and oxygen atoms in total. The number of amides is 1. The second-order valence-electron chi connectivity index (χ2n) is 7.12. The third-order valence-electron chi connectivity index (χ3n) is 4.90. The largest absolute Gasteiger partial charge is 0.449 e. The van der Waals surface area contributed by atoms with Gasteiger partial charge in [0.25, 0.3) is 5.91 Å². The minimum Gasteiger partial charge on any atom is -0.449 e. The van der Waals surface area contributed by atoms with Gasteiger partial charge in [-0.15, -0.1) is 0 Å². The first-order chi connectivity index (χ1) is 14.7. The SMILES string of the molecule is C[C@@H](OC(=O)c1cc(S(=O)(=O)N2CCCCC2)ccc1Cl)C(=O)Nc1ccccc1F. The number of para-hydroxylation sites is 1. The Hall–Kier alpha value is -2.49. The summed E-state index contributed by atoms with van der Waals surface area (Å²) in [5, 5.41) is 2.32. The topological polar surface area (TPSA) is 92.8 Å². The molecule has 10 heteroatoms. The van der Waals surface area contributed by atoms with Gasteiger partial charge in [-0.2, -0.15) is 4.31 Å². The maximum Gasteiger partial charge on any atom is 0.340 e. The van der Waals surface area contributed by atoms with Crippen molar-refractivity contribution < 1.29 is 27.1 Å². The number of nitrogens with one attached hydrogen (secondary N) is 1. The quantitative estimate of drug-likeness (QED) is 0.650. The number of hydrogen-bond donors (Lipinski definition) is 1. The Morgan fingerprint density at radius 1 is 1.13 bits per heavy atom. The van der Waals surface area contributed by atoms with E-state index >= 15 is 0 Å². The van der Waals surface area contributed by atoms with Crippen molar-refractivity contribution in [1.29, 1.82) is 0 Å². The van der Waals surface area contributed by atoms with E-state index in [-0.39, 0.29) is 21.2 Å². The molecule has 1 aliphatic rings. The number of nitrogens with zero attached hydrogens (tertiary/aromatic N) is 1. The van der Waals surface area contributed by atoms with Crippen LogP contribution in [-0.2, 0) is 19.6 Å². The van der Waals surface area contributed by atoms with Gasteiger partial charge in [0, 0.05) is 13.1 Å². The van der Waals surface area contributed by atoms with Crippen molar-refractivity contribution in [2.45, 2.75) is 37.2 Å². The number of piperidine rings is 1. The number of carbonyl (C=O) groups excluding carboxylic acids is 2. The predicted molar refractivity (Wildman–Crippen MR) is 114 cm³/mol. The minimum atomic E-state index is -3.78. The fraction of sp³-hybridized carbons (Fsp3) is 0.333. The summed E-state index contributed by atoms with van der Waals surface area (Å²) in [6.45, 7) is 2.15. The zero-order valence-electron chi connectivity index (χ0n) is 16.8. The number of benzene rings is 2. The lowest BCUT2D eigenvalue weighted by molar-refractivity contribution is -0.123. The highest BCUT2D eigenvalue weighted by molar-refractivity contribution is 7.89. The van der Waals surface area contributed by atoms with E-state index in [9.17, 15) is 22.4 Å². The molecule has 0 spiro atoms.